The molecule has 1 amide bonds. The molecule has 0 unspecified atom stereocenters. The average Bonchev–Trinajstić information content (AvgIpc) is 3.35. The van der Waals surface area contributed by atoms with Crippen molar-refractivity contribution in [3.63, 3.8) is 0 Å². The van der Waals surface area contributed by atoms with Crippen LogP contribution < -0.4 is 10.2 Å². The first-order valence-electron chi connectivity index (χ1n) is 9.27. The fourth-order valence-corrected chi connectivity index (χ4v) is 5.02. The molecule has 0 aliphatic carbocycles. The Bertz CT molecular complexity index is 1030. The molecule has 3 aromatic rings. The van der Waals surface area contributed by atoms with Gasteiger partial charge in [-0.3, -0.25) is 10.1 Å². The molecule has 2 aliphatic rings. The van der Waals surface area contributed by atoms with E-state index in [0.29, 0.717) is 18.0 Å². The zero-order valence-corrected chi connectivity index (χ0v) is 16.1. The number of amides is 1. The van der Waals surface area contributed by atoms with Crippen molar-refractivity contribution in [2.24, 2.45) is 0 Å². The molecule has 0 radical (unpaired) electrons. The van der Waals surface area contributed by atoms with Crippen LogP contribution in [0.25, 0.3) is 21.5 Å². The van der Waals surface area contributed by atoms with Crippen molar-refractivity contribution in [1.82, 2.24) is 20.2 Å². The summed E-state index contributed by atoms with van der Waals surface area (Å²) in [5.74, 6) is 1.14. The van der Waals surface area contributed by atoms with E-state index in [4.69, 9.17) is 4.98 Å². The summed E-state index contributed by atoms with van der Waals surface area (Å²) in [4.78, 5) is 23.4. The van der Waals surface area contributed by atoms with Crippen LogP contribution in [0.5, 0.6) is 0 Å². The molecular formula is C19H20N6OS. The lowest BCUT2D eigenvalue weighted by Crippen LogP contribution is -2.29. The van der Waals surface area contributed by atoms with Gasteiger partial charge in [0.1, 0.15) is 15.8 Å². The van der Waals surface area contributed by atoms with E-state index in [1.54, 1.807) is 11.3 Å². The molecule has 2 bridgehead atoms. The van der Waals surface area contributed by atoms with Gasteiger partial charge in [-0.15, -0.1) is 10.2 Å². The zero-order chi connectivity index (χ0) is 18.5. The molecule has 0 atom stereocenters. The van der Waals surface area contributed by atoms with Crippen molar-refractivity contribution in [1.29, 1.82) is 0 Å². The van der Waals surface area contributed by atoms with Crippen LogP contribution in [-0.2, 0) is 4.79 Å². The second-order valence-corrected chi connectivity index (χ2v) is 8.46. The maximum absolute atomic E-state index is 11.6. The number of nitrogens with one attached hydrogen (secondary N) is 1. The van der Waals surface area contributed by atoms with E-state index >= 15 is 0 Å². The number of aryl methyl sites for hydroxylation is 1. The van der Waals surface area contributed by atoms with E-state index in [0.717, 1.165) is 32.3 Å². The number of anilines is 2. The Labute approximate surface area is 160 Å². The van der Waals surface area contributed by atoms with Crippen molar-refractivity contribution in [2.45, 2.75) is 51.6 Å². The first-order valence-corrected chi connectivity index (χ1v) is 10.1. The van der Waals surface area contributed by atoms with Gasteiger partial charge < -0.3 is 4.90 Å². The fourth-order valence-electron chi connectivity index (χ4n) is 4.33. The summed E-state index contributed by atoms with van der Waals surface area (Å²) >= 11 is 1.56. The smallest absolute Gasteiger partial charge is 0.231 e. The predicted octanol–water partition coefficient (Wildman–Crippen LogP) is 3.55. The van der Waals surface area contributed by atoms with Crippen molar-refractivity contribution in [3.8, 4) is 10.6 Å². The first kappa shape index (κ1) is 16.6. The standard InChI is InChI=1S/C19H20N6OS/c1-10(26)20-19-21-16-9-12(18-24-23-11(2)27-18)3-8-15(16)17(22-19)25-13-4-5-14(25)7-6-13/h3,8-9,13-14H,4-7H2,1-2H3,(H,20,21,22,26). The van der Waals surface area contributed by atoms with Crippen molar-refractivity contribution in [3.05, 3.63) is 23.2 Å². The summed E-state index contributed by atoms with van der Waals surface area (Å²) in [5.41, 5.74) is 1.80. The van der Waals surface area contributed by atoms with Crippen molar-refractivity contribution >= 4 is 39.9 Å². The number of hydrogen-bond acceptors (Lipinski definition) is 7. The van der Waals surface area contributed by atoms with Crippen LogP contribution in [-0.4, -0.2) is 38.2 Å². The minimum atomic E-state index is -0.166. The summed E-state index contributed by atoms with van der Waals surface area (Å²) < 4.78 is 0. The topological polar surface area (TPSA) is 83.9 Å². The Morgan fingerprint density at radius 1 is 1.15 bits per heavy atom. The van der Waals surface area contributed by atoms with E-state index < -0.39 is 0 Å². The predicted molar refractivity (Wildman–Crippen MR) is 106 cm³/mol. The highest BCUT2D eigenvalue weighted by Gasteiger charge is 2.40. The van der Waals surface area contributed by atoms with Crippen LogP contribution >= 0.6 is 11.3 Å². The highest BCUT2D eigenvalue weighted by Crippen LogP contribution is 2.43. The van der Waals surface area contributed by atoms with Crippen LogP contribution in [0.3, 0.4) is 0 Å². The molecule has 7 nitrogen and oxygen atoms in total. The van der Waals surface area contributed by atoms with E-state index in [9.17, 15) is 4.79 Å². The zero-order valence-electron chi connectivity index (χ0n) is 15.3. The monoisotopic (exact) mass is 380 g/mol. The molecule has 27 heavy (non-hydrogen) atoms. The molecule has 138 valence electrons. The Balaban J connectivity index is 1.67. The largest absolute Gasteiger partial charge is 0.350 e. The summed E-state index contributed by atoms with van der Waals surface area (Å²) in [6.45, 7) is 3.42. The molecule has 4 heterocycles. The number of carbonyl (C=O) groups is 1. The number of aromatic nitrogens is 4. The van der Waals surface area contributed by atoms with Crippen molar-refractivity contribution in [2.75, 3.05) is 10.2 Å². The maximum Gasteiger partial charge on any atom is 0.231 e. The second kappa shape index (κ2) is 6.23. The quantitative estimate of drug-likeness (QED) is 0.748. The number of benzene rings is 1. The molecule has 1 N–H and O–H groups in total. The third kappa shape index (κ3) is 2.84. The number of fused-ring (bicyclic) bond motifs is 3. The van der Waals surface area contributed by atoms with E-state index in [1.165, 1.54) is 32.6 Å². The van der Waals surface area contributed by atoms with Gasteiger partial charge in [-0.25, -0.2) is 4.98 Å². The van der Waals surface area contributed by atoms with Gasteiger partial charge in [-0.1, -0.05) is 17.4 Å². The lowest BCUT2D eigenvalue weighted by atomic mass is 10.0. The molecule has 5 rings (SSSR count). The third-order valence-corrected chi connectivity index (χ3v) is 6.32. The minimum absolute atomic E-state index is 0.166. The van der Waals surface area contributed by atoms with Crippen LogP contribution in [0.1, 0.15) is 37.6 Å². The van der Waals surface area contributed by atoms with Crippen LogP contribution in [0.4, 0.5) is 11.8 Å². The molecule has 2 aliphatic heterocycles. The van der Waals surface area contributed by atoms with Gasteiger partial charge in [0.2, 0.25) is 11.9 Å². The SMILES string of the molecule is CC(=O)Nc1nc(N2C3CCC2CC3)c2ccc(-c3nnc(C)s3)cc2n1. The molecule has 2 saturated heterocycles. The molecule has 2 fully saturated rings. The highest BCUT2D eigenvalue weighted by molar-refractivity contribution is 7.14. The molecule has 8 heteroatoms. The van der Waals surface area contributed by atoms with Crippen molar-refractivity contribution < 1.29 is 4.79 Å². The highest BCUT2D eigenvalue weighted by atomic mass is 32.1. The normalized spacial score (nSPS) is 21.2. The molecule has 0 saturated carbocycles. The Morgan fingerprint density at radius 2 is 1.89 bits per heavy atom. The summed E-state index contributed by atoms with van der Waals surface area (Å²) in [6.07, 6.45) is 4.86. The van der Waals surface area contributed by atoms with E-state index in [-0.39, 0.29) is 5.91 Å². The number of rotatable bonds is 3. The molecule has 0 spiro atoms. The molecule has 2 aromatic heterocycles. The van der Waals surface area contributed by atoms with Crippen LogP contribution in [0.15, 0.2) is 18.2 Å². The Morgan fingerprint density at radius 3 is 2.52 bits per heavy atom. The third-order valence-electron chi connectivity index (χ3n) is 5.44. The molecular weight excluding hydrogens is 360 g/mol. The lowest BCUT2D eigenvalue weighted by Gasteiger charge is -2.25. The fraction of sp³-hybridized carbons (Fsp3) is 0.421. The number of hydrogen-bond donors (Lipinski definition) is 1. The second-order valence-electron chi connectivity index (χ2n) is 7.28. The van der Waals surface area contributed by atoms with Gasteiger partial charge in [0.25, 0.3) is 0 Å². The van der Waals surface area contributed by atoms with Gasteiger partial charge in [0.05, 0.1) is 5.52 Å². The Kier molecular flexibility index (Phi) is 3.82. The maximum atomic E-state index is 11.6. The molecule has 1 aromatic carbocycles. The van der Waals surface area contributed by atoms with Gasteiger partial charge in [0, 0.05) is 30.0 Å². The minimum Gasteiger partial charge on any atom is -0.350 e. The Hall–Kier alpha value is -2.61. The lowest BCUT2D eigenvalue weighted by molar-refractivity contribution is -0.114. The number of nitrogens with zero attached hydrogens (tertiary/aromatic N) is 5. The summed E-state index contributed by atoms with van der Waals surface area (Å²) in [7, 11) is 0. The van der Waals surface area contributed by atoms with Crippen LogP contribution in [0, 0.1) is 6.92 Å². The summed E-state index contributed by atoms with van der Waals surface area (Å²) in [5, 5.41) is 13.9. The van der Waals surface area contributed by atoms with Gasteiger partial charge in [0.15, 0.2) is 0 Å². The average molecular weight is 380 g/mol. The number of carbonyl (C=O) groups excluding carboxylic acids is 1. The van der Waals surface area contributed by atoms with Gasteiger partial charge in [-0.2, -0.15) is 4.98 Å². The summed E-state index contributed by atoms with van der Waals surface area (Å²) in [6, 6.07) is 7.24. The van der Waals surface area contributed by atoms with Gasteiger partial charge in [-0.05, 0) is 44.7 Å². The van der Waals surface area contributed by atoms with E-state index in [1.807, 2.05) is 13.0 Å². The van der Waals surface area contributed by atoms with Gasteiger partial charge >= 0.3 is 0 Å². The van der Waals surface area contributed by atoms with Crippen LogP contribution in [0.2, 0.25) is 0 Å². The first-order chi connectivity index (χ1) is 13.1. The van der Waals surface area contributed by atoms with E-state index in [2.05, 4.69) is 37.5 Å².